The Labute approximate surface area is 125 Å². The Kier molecular flexibility index (Phi) is 5.33. The number of nitrogens with zero attached hydrogens (tertiary/aromatic N) is 3. The highest BCUT2D eigenvalue weighted by atomic mass is 32.1. The molecule has 7 heteroatoms. The number of anilines is 1. The molecule has 0 aliphatic carbocycles. The van der Waals surface area contributed by atoms with E-state index in [2.05, 4.69) is 15.3 Å². The average Bonchev–Trinajstić information content (AvgIpc) is 2.70. The van der Waals surface area contributed by atoms with Crippen LogP contribution in [0.2, 0.25) is 0 Å². The Morgan fingerprint density at radius 3 is 2.80 bits per heavy atom. The number of nitrogens with one attached hydrogen (secondary N) is 1. The summed E-state index contributed by atoms with van der Waals surface area (Å²) in [5.74, 6) is 0.914. The highest BCUT2D eigenvalue weighted by Crippen LogP contribution is 2.18. The third kappa shape index (κ3) is 3.68. The molecule has 1 aromatic heterocycles. The van der Waals surface area contributed by atoms with Gasteiger partial charge in [-0.3, -0.25) is 9.58 Å². The lowest BCUT2D eigenvalue weighted by atomic mass is 10.2. The maximum Gasteiger partial charge on any atom is 0.134 e. The molecule has 0 spiro atoms. The van der Waals surface area contributed by atoms with Gasteiger partial charge in [0.2, 0.25) is 0 Å². The van der Waals surface area contributed by atoms with Crippen LogP contribution in [0.5, 0.6) is 0 Å². The number of ether oxygens (including phenoxy) is 1. The lowest BCUT2D eigenvalue weighted by molar-refractivity contribution is 0.0378. The standard InChI is InChI=1S/C13H23N5OS/c1-10-11(12(14)20)13(17(2)16-10)15-4-3-5-18-6-8-19-9-7-18/h15H,3-9H2,1-2H3,(H2,14,20). The Morgan fingerprint density at radius 2 is 2.15 bits per heavy atom. The number of hydrogen-bond acceptors (Lipinski definition) is 5. The van der Waals surface area contributed by atoms with Crippen molar-refractivity contribution in [3.05, 3.63) is 11.3 Å². The number of aromatic nitrogens is 2. The van der Waals surface area contributed by atoms with Crippen LogP contribution in [-0.4, -0.2) is 59.1 Å². The van der Waals surface area contributed by atoms with E-state index in [0.29, 0.717) is 4.99 Å². The summed E-state index contributed by atoms with van der Waals surface area (Å²) in [6.07, 6.45) is 1.07. The number of hydrogen-bond donors (Lipinski definition) is 2. The summed E-state index contributed by atoms with van der Waals surface area (Å²) in [4.78, 5) is 2.82. The predicted molar refractivity (Wildman–Crippen MR) is 84.2 cm³/mol. The summed E-state index contributed by atoms with van der Waals surface area (Å²) in [6, 6.07) is 0. The fourth-order valence-corrected chi connectivity index (χ4v) is 2.73. The van der Waals surface area contributed by atoms with E-state index < -0.39 is 0 Å². The zero-order chi connectivity index (χ0) is 14.5. The van der Waals surface area contributed by atoms with Crippen LogP contribution in [0.1, 0.15) is 17.7 Å². The van der Waals surface area contributed by atoms with Crippen molar-refractivity contribution in [2.24, 2.45) is 12.8 Å². The molecule has 2 heterocycles. The van der Waals surface area contributed by atoms with E-state index in [1.54, 1.807) is 4.68 Å². The van der Waals surface area contributed by atoms with Gasteiger partial charge < -0.3 is 15.8 Å². The first-order valence-corrected chi connectivity index (χ1v) is 7.38. The highest BCUT2D eigenvalue weighted by molar-refractivity contribution is 7.80. The van der Waals surface area contributed by atoms with Crippen molar-refractivity contribution in [2.45, 2.75) is 13.3 Å². The lowest BCUT2D eigenvalue weighted by Gasteiger charge is -2.26. The molecule has 1 aromatic rings. The summed E-state index contributed by atoms with van der Waals surface area (Å²) in [7, 11) is 1.90. The first kappa shape index (κ1) is 15.2. The molecule has 6 nitrogen and oxygen atoms in total. The van der Waals surface area contributed by atoms with Crippen molar-refractivity contribution >= 4 is 23.0 Å². The number of morpholine rings is 1. The van der Waals surface area contributed by atoms with Gasteiger partial charge in [-0.15, -0.1) is 0 Å². The zero-order valence-electron chi connectivity index (χ0n) is 12.2. The van der Waals surface area contributed by atoms with Crippen LogP contribution in [-0.2, 0) is 11.8 Å². The van der Waals surface area contributed by atoms with E-state index in [4.69, 9.17) is 22.7 Å². The van der Waals surface area contributed by atoms with Gasteiger partial charge in [0.15, 0.2) is 0 Å². The Morgan fingerprint density at radius 1 is 1.45 bits per heavy atom. The second-order valence-corrected chi connectivity index (χ2v) is 5.47. The molecule has 1 aliphatic rings. The van der Waals surface area contributed by atoms with Gasteiger partial charge in [0.25, 0.3) is 0 Å². The van der Waals surface area contributed by atoms with E-state index in [0.717, 1.165) is 62.9 Å². The Bertz CT molecular complexity index is 468. The summed E-state index contributed by atoms with van der Waals surface area (Å²) in [5.41, 5.74) is 7.49. The molecule has 0 atom stereocenters. The molecule has 0 unspecified atom stereocenters. The maximum atomic E-state index is 5.77. The Balaban J connectivity index is 1.83. The topological polar surface area (TPSA) is 68.3 Å². The summed E-state index contributed by atoms with van der Waals surface area (Å²) in [6.45, 7) is 7.64. The lowest BCUT2D eigenvalue weighted by Crippen LogP contribution is -2.37. The van der Waals surface area contributed by atoms with E-state index in [1.807, 2.05) is 14.0 Å². The van der Waals surface area contributed by atoms with E-state index in [1.165, 1.54) is 0 Å². The summed E-state index contributed by atoms with van der Waals surface area (Å²) in [5, 5.41) is 7.76. The molecule has 0 aromatic carbocycles. The van der Waals surface area contributed by atoms with Crippen LogP contribution < -0.4 is 11.1 Å². The third-order valence-corrected chi connectivity index (χ3v) is 3.72. The molecule has 1 fully saturated rings. The SMILES string of the molecule is Cc1nn(C)c(NCCCN2CCOCC2)c1C(N)=S. The largest absolute Gasteiger partial charge is 0.389 e. The fourth-order valence-electron chi connectivity index (χ4n) is 2.49. The molecule has 2 rings (SSSR count). The monoisotopic (exact) mass is 297 g/mol. The van der Waals surface area contributed by atoms with Gasteiger partial charge >= 0.3 is 0 Å². The van der Waals surface area contributed by atoms with Crippen molar-refractivity contribution < 1.29 is 4.74 Å². The van der Waals surface area contributed by atoms with Crippen LogP contribution in [0, 0.1) is 6.92 Å². The van der Waals surface area contributed by atoms with Crippen molar-refractivity contribution in [3.8, 4) is 0 Å². The highest BCUT2D eigenvalue weighted by Gasteiger charge is 2.15. The van der Waals surface area contributed by atoms with Crippen molar-refractivity contribution in [3.63, 3.8) is 0 Å². The smallest absolute Gasteiger partial charge is 0.134 e. The van der Waals surface area contributed by atoms with Crippen molar-refractivity contribution in [2.75, 3.05) is 44.7 Å². The molecular weight excluding hydrogens is 274 g/mol. The zero-order valence-corrected chi connectivity index (χ0v) is 13.0. The summed E-state index contributed by atoms with van der Waals surface area (Å²) < 4.78 is 7.14. The van der Waals surface area contributed by atoms with E-state index in [9.17, 15) is 0 Å². The fraction of sp³-hybridized carbons (Fsp3) is 0.692. The maximum absolute atomic E-state index is 5.77. The van der Waals surface area contributed by atoms with Gasteiger partial charge in [0.05, 0.1) is 24.5 Å². The predicted octanol–water partition coefficient (Wildman–Crippen LogP) is 0.497. The molecule has 1 saturated heterocycles. The Hall–Kier alpha value is -1.18. The number of rotatable bonds is 6. The van der Waals surface area contributed by atoms with Crippen LogP contribution in [0.15, 0.2) is 0 Å². The molecule has 1 aliphatic heterocycles. The van der Waals surface area contributed by atoms with Crippen molar-refractivity contribution in [1.29, 1.82) is 0 Å². The molecule has 0 bridgehead atoms. The number of thiocarbonyl (C=S) groups is 1. The first-order valence-electron chi connectivity index (χ1n) is 6.97. The first-order chi connectivity index (χ1) is 9.59. The second kappa shape index (κ2) is 7.01. The molecule has 3 N–H and O–H groups in total. The van der Waals surface area contributed by atoms with Crippen LogP contribution in [0.3, 0.4) is 0 Å². The molecular formula is C13H23N5OS. The van der Waals surface area contributed by atoms with Gasteiger partial charge in [-0.1, -0.05) is 12.2 Å². The van der Waals surface area contributed by atoms with Crippen LogP contribution in [0.4, 0.5) is 5.82 Å². The molecule has 0 amide bonds. The van der Waals surface area contributed by atoms with Gasteiger partial charge in [-0.2, -0.15) is 5.10 Å². The average molecular weight is 297 g/mol. The van der Waals surface area contributed by atoms with Crippen molar-refractivity contribution in [1.82, 2.24) is 14.7 Å². The minimum Gasteiger partial charge on any atom is -0.389 e. The molecule has 0 radical (unpaired) electrons. The minimum absolute atomic E-state index is 0.395. The van der Waals surface area contributed by atoms with Gasteiger partial charge in [-0.25, -0.2) is 0 Å². The molecule has 0 saturated carbocycles. The van der Waals surface area contributed by atoms with E-state index in [-0.39, 0.29) is 0 Å². The molecule has 112 valence electrons. The molecule has 20 heavy (non-hydrogen) atoms. The van der Waals surface area contributed by atoms with Crippen LogP contribution >= 0.6 is 12.2 Å². The number of aryl methyl sites for hydroxylation is 2. The van der Waals surface area contributed by atoms with Gasteiger partial charge in [0.1, 0.15) is 10.8 Å². The third-order valence-electron chi connectivity index (χ3n) is 3.52. The summed E-state index contributed by atoms with van der Waals surface area (Å²) >= 11 is 5.09. The van der Waals surface area contributed by atoms with E-state index >= 15 is 0 Å². The van der Waals surface area contributed by atoms with Crippen LogP contribution in [0.25, 0.3) is 0 Å². The normalized spacial score (nSPS) is 16.3. The number of nitrogens with two attached hydrogens (primary N) is 1. The quantitative estimate of drug-likeness (QED) is 0.589. The minimum atomic E-state index is 0.395. The van der Waals surface area contributed by atoms with Gasteiger partial charge in [-0.05, 0) is 19.9 Å². The van der Waals surface area contributed by atoms with Gasteiger partial charge in [0, 0.05) is 26.7 Å². The second-order valence-electron chi connectivity index (χ2n) is 5.03.